The molecule has 3 nitrogen and oxygen atoms in total. The van der Waals surface area contributed by atoms with Crippen LogP contribution in [0.25, 0.3) is 0 Å². The number of nitrogens with zero attached hydrogens (tertiary/aromatic N) is 2. The lowest BCUT2D eigenvalue weighted by Crippen LogP contribution is -2.31. The fourth-order valence-electron chi connectivity index (χ4n) is 1.05. The van der Waals surface area contributed by atoms with Crippen LogP contribution in [0.3, 0.4) is 0 Å². The molecule has 5 heteroatoms. The van der Waals surface area contributed by atoms with Crippen LogP contribution in [-0.4, -0.2) is 10.8 Å². The van der Waals surface area contributed by atoms with Gasteiger partial charge in [0.25, 0.3) is 0 Å². The normalized spacial score (nSPS) is 9.53. The van der Waals surface area contributed by atoms with E-state index in [9.17, 15) is 0 Å². The minimum Gasteiger partial charge on any atom is -0.374 e. The highest BCUT2D eigenvalue weighted by Gasteiger charge is 2.11. The molecule has 0 unspecified atom stereocenters. The molecule has 80 valence electrons. The lowest BCUT2D eigenvalue weighted by molar-refractivity contribution is 1.12. The number of hydrogen-bond acceptors (Lipinski definition) is 2. The molecule has 0 aliphatic carbocycles. The number of para-hydroxylation sites is 1. The van der Waals surface area contributed by atoms with Crippen molar-refractivity contribution in [2.24, 2.45) is 10.8 Å². The molecule has 15 heavy (non-hydrogen) atoms. The van der Waals surface area contributed by atoms with Crippen LogP contribution in [-0.2, 0) is 0 Å². The van der Waals surface area contributed by atoms with Crippen LogP contribution >= 0.6 is 23.8 Å². The fraction of sp³-hybridized carbons (Fsp3) is 0.200. The Balaban J connectivity index is 3.16. The zero-order valence-electron chi connectivity index (χ0n) is 8.57. The first-order valence-corrected chi connectivity index (χ1v) is 5.17. The van der Waals surface area contributed by atoms with Crippen molar-refractivity contribution in [2.45, 2.75) is 13.8 Å². The molecular formula is C10H12ClN3S. The molecule has 0 saturated heterocycles. The van der Waals surface area contributed by atoms with Gasteiger partial charge in [0.15, 0.2) is 5.11 Å². The number of benzene rings is 1. The smallest absolute Gasteiger partial charge is 0.191 e. The molecule has 0 fully saturated rings. The average molecular weight is 242 g/mol. The second kappa shape index (κ2) is 5.09. The zero-order chi connectivity index (χ0) is 11.4. The molecule has 0 heterocycles. The molecule has 1 aromatic rings. The second-order valence-electron chi connectivity index (χ2n) is 3.15. The van der Waals surface area contributed by atoms with E-state index in [2.05, 4.69) is 5.10 Å². The van der Waals surface area contributed by atoms with E-state index >= 15 is 0 Å². The third kappa shape index (κ3) is 3.18. The Hall–Kier alpha value is -1.13. The van der Waals surface area contributed by atoms with E-state index < -0.39 is 0 Å². The van der Waals surface area contributed by atoms with Gasteiger partial charge in [0.1, 0.15) is 0 Å². The number of thiocarbonyl (C=S) groups is 1. The summed E-state index contributed by atoms with van der Waals surface area (Å²) in [4.78, 5) is 0. The lowest BCUT2D eigenvalue weighted by atomic mass is 10.3. The molecule has 0 amide bonds. The Kier molecular flexibility index (Phi) is 4.05. The van der Waals surface area contributed by atoms with Crippen LogP contribution in [0.4, 0.5) is 5.69 Å². The highest BCUT2D eigenvalue weighted by molar-refractivity contribution is 7.80. The molecule has 0 aliphatic rings. The third-order valence-electron chi connectivity index (χ3n) is 1.59. The van der Waals surface area contributed by atoms with Crippen LogP contribution in [0.15, 0.2) is 29.4 Å². The van der Waals surface area contributed by atoms with Gasteiger partial charge in [-0.15, -0.1) is 0 Å². The predicted molar refractivity (Wildman–Crippen MR) is 69.5 cm³/mol. The van der Waals surface area contributed by atoms with E-state index in [0.717, 1.165) is 5.71 Å². The van der Waals surface area contributed by atoms with Gasteiger partial charge in [-0.05, 0) is 38.2 Å². The summed E-state index contributed by atoms with van der Waals surface area (Å²) in [6.45, 7) is 3.73. The van der Waals surface area contributed by atoms with Gasteiger partial charge in [0, 0.05) is 5.71 Å². The molecule has 0 aliphatic heterocycles. The van der Waals surface area contributed by atoms with Gasteiger partial charge in [0.2, 0.25) is 0 Å². The van der Waals surface area contributed by atoms with Gasteiger partial charge in [-0.25, -0.2) is 5.01 Å². The predicted octanol–water partition coefficient (Wildman–Crippen LogP) is 2.79. The minimum atomic E-state index is 0.171. The van der Waals surface area contributed by atoms with Gasteiger partial charge in [-0.1, -0.05) is 23.7 Å². The third-order valence-corrected chi connectivity index (χ3v) is 2.08. The Morgan fingerprint density at radius 1 is 1.40 bits per heavy atom. The van der Waals surface area contributed by atoms with E-state index in [-0.39, 0.29) is 5.11 Å². The molecule has 0 saturated carbocycles. The molecule has 0 spiro atoms. The van der Waals surface area contributed by atoms with E-state index in [4.69, 9.17) is 29.6 Å². The van der Waals surface area contributed by atoms with Crippen LogP contribution in [0.2, 0.25) is 5.02 Å². The van der Waals surface area contributed by atoms with Crippen molar-refractivity contribution in [3.63, 3.8) is 0 Å². The summed E-state index contributed by atoms with van der Waals surface area (Å²) >= 11 is 10.9. The first-order valence-electron chi connectivity index (χ1n) is 4.38. The summed E-state index contributed by atoms with van der Waals surface area (Å²) in [5.41, 5.74) is 7.12. The summed E-state index contributed by atoms with van der Waals surface area (Å²) in [6, 6.07) is 7.27. The van der Waals surface area contributed by atoms with Crippen molar-refractivity contribution < 1.29 is 0 Å². The molecule has 0 aromatic heterocycles. The lowest BCUT2D eigenvalue weighted by Gasteiger charge is -2.18. The summed E-state index contributed by atoms with van der Waals surface area (Å²) < 4.78 is 0. The number of anilines is 1. The second-order valence-corrected chi connectivity index (χ2v) is 3.97. The van der Waals surface area contributed by atoms with Crippen molar-refractivity contribution in [1.82, 2.24) is 0 Å². The maximum atomic E-state index is 6.02. The van der Waals surface area contributed by atoms with Crippen molar-refractivity contribution in [1.29, 1.82) is 0 Å². The number of hydrazone groups is 1. The van der Waals surface area contributed by atoms with Crippen LogP contribution < -0.4 is 10.7 Å². The monoisotopic (exact) mass is 241 g/mol. The Bertz CT molecular complexity index is 399. The molecule has 0 bridgehead atoms. The molecule has 1 rings (SSSR count). The topological polar surface area (TPSA) is 41.6 Å². The summed E-state index contributed by atoms with van der Waals surface area (Å²) in [5, 5.41) is 6.39. The maximum absolute atomic E-state index is 6.02. The molecule has 0 atom stereocenters. The first kappa shape index (κ1) is 11.9. The first-order chi connectivity index (χ1) is 7.02. The molecule has 1 aromatic carbocycles. The fourth-order valence-corrected chi connectivity index (χ4v) is 1.40. The number of hydrogen-bond donors (Lipinski definition) is 1. The number of halogens is 1. The van der Waals surface area contributed by atoms with E-state index in [0.29, 0.717) is 10.7 Å². The van der Waals surface area contributed by atoms with E-state index in [1.807, 2.05) is 32.0 Å². The van der Waals surface area contributed by atoms with Crippen molar-refractivity contribution in [3.05, 3.63) is 29.3 Å². The van der Waals surface area contributed by atoms with Gasteiger partial charge < -0.3 is 5.73 Å². The quantitative estimate of drug-likeness (QED) is 0.492. The molecule has 2 N–H and O–H groups in total. The maximum Gasteiger partial charge on any atom is 0.191 e. The van der Waals surface area contributed by atoms with Crippen LogP contribution in [0, 0.1) is 0 Å². The van der Waals surface area contributed by atoms with Crippen molar-refractivity contribution >= 4 is 40.3 Å². The molecule has 0 radical (unpaired) electrons. The summed E-state index contributed by atoms with van der Waals surface area (Å²) in [5.74, 6) is 0. The van der Waals surface area contributed by atoms with Gasteiger partial charge in [0.05, 0.1) is 10.7 Å². The standard InChI is InChI=1S/C10H12ClN3S/c1-7(2)13-14(10(12)15)9-6-4-3-5-8(9)11/h3-6H,1-2H3,(H2,12,15). The minimum absolute atomic E-state index is 0.171. The Labute approximate surface area is 99.5 Å². The highest BCUT2D eigenvalue weighted by atomic mass is 35.5. The van der Waals surface area contributed by atoms with Gasteiger partial charge >= 0.3 is 0 Å². The van der Waals surface area contributed by atoms with Crippen LogP contribution in [0.5, 0.6) is 0 Å². The Morgan fingerprint density at radius 3 is 2.47 bits per heavy atom. The van der Waals surface area contributed by atoms with Gasteiger partial charge in [-0.2, -0.15) is 5.10 Å². The largest absolute Gasteiger partial charge is 0.374 e. The van der Waals surface area contributed by atoms with Gasteiger partial charge in [-0.3, -0.25) is 0 Å². The van der Waals surface area contributed by atoms with Crippen LogP contribution in [0.1, 0.15) is 13.8 Å². The van der Waals surface area contributed by atoms with E-state index in [1.165, 1.54) is 5.01 Å². The zero-order valence-corrected chi connectivity index (χ0v) is 10.1. The number of rotatable bonds is 2. The highest BCUT2D eigenvalue weighted by Crippen LogP contribution is 2.25. The summed E-state index contributed by atoms with van der Waals surface area (Å²) in [6.07, 6.45) is 0. The van der Waals surface area contributed by atoms with E-state index in [1.54, 1.807) is 6.07 Å². The van der Waals surface area contributed by atoms with Crippen molar-refractivity contribution in [2.75, 3.05) is 5.01 Å². The SMILES string of the molecule is CC(C)=NN(C(N)=S)c1ccccc1Cl. The molecular weight excluding hydrogens is 230 g/mol. The Morgan fingerprint density at radius 2 is 2.00 bits per heavy atom. The summed E-state index contributed by atoms with van der Waals surface area (Å²) in [7, 11) is 0. The van der Waals surface area contributed by atoms with Crippen molar-refractivity contribution in [3.8, 4) is 0 Å². The average Bonchev–Trinajstić information content (AvgIpc) is 2.15. The number of nitrogens with two attached hydrogens (primary N) is 1.